The van der Waals surface area contributed by atoms with Gasteiger partial charge in [-0.05, 0) is 61.4 Å². The first-order chi connectivity index (χ1) is 12.7. The molecule has 0 atom stereocenters. The van der Waals surface area contributed by atoms with Gasteiger partial charge in [0.2, 0.25) is 0 Å². The second kappa shape index (κ2) is 8.38. The Labute approximate surface area is 158 Å². The van der Waals surface area contributed by atoms with Gasteiger partial charge in [-0.25, -0.2) is 13.2 Å². The van der Waals surface area contributed by atoms with E-state index in [1.54, 1.807) is 18.2 Å². The molecule has 0 fully saturated rings. The molecular weight excluding hydrogens is 366 g/mol. The van der Waals surface area contributed by atoms with E-state index in [1.165, 1.54) is 37.6 Å². The summed E-state index contributed by atoms with van der Waals surface area (Å²) in [5.41, 5.74) is 2.72. The third kappa shape index (κ3) is 5.33. The molecule has 0 radical (unpaired) electrons. The van der Waals surface area contributed by atoms with Gasteiger partial charge in [-0.3, -0.25) is 4.72 Å². The molecule has 0 amide bonds. The number of nitrogens with zero attached hydrogens (tertiary/aromatic N) is 1. The van der Waals surface area contributed by atoms with Crippen LogP contribution in [0, 0.1) is 25.2 Å². The summed E-state index contributed by atoms with van der Waals surface area (Å²) in [5, 5.41) is 11.6. The Kier molecular flexibility index (Phi) is 6.21. The van der Waals surface area contributed by atoms with Gasteiger partial charge in [-0.1, -0.05) is 6.07 Å². The maximum Gasteiger partial charge on any atom is 0.350 e. The number of ether oxygens (including phenoxy) is 1. The minimum absolute atomic E-state index is 0.0877. The van der Waals surface area contributed by atoms with Crippen LogP contribution in [0.15, 0.2) is 59.1 Å². The van der Waals surface area contributed by atoms with Gasteiger partial charge in [-0.2, -0.15) is 5.26 Å². The first-order valence-electron chi connectivity index (χ1n) is 7.91. The van der Waals surface area contributed by atoms with Crippen LogP contribution < -0.4 is 10.0 Å². The molecule has 140 valence electrons. The standard InChI is InChI=1S/C19H19N3O4S/c1-13-8-14(2)10-17(9-13)22-27(24,25)18-6-4-16(5-7-18)21-12-15(11-20)19(23)26-3/h4-10,12,21-22H,1-3H3/b15-12-. The van der Waals surface area contributed by atoms with E-state index in [0.717, 1.165) is 11.1 Å². The Morgan fingerprint density at radius 2 is 1.67 bits per heavy atom. The molecule has 0 aliphatic heterocycles. The number of methoxy groups -OCH3 is 1. The van der Waals surface area contributed by atoms with Crippen LogP contribution >= 0.6 is 0 Å². The fourth-order valence-corrected chi connectivity index (χ4v) is 3.42. The smallest absolute Gasteiger partial charge is 0.350 e. The molecule has 2 N–H and O–H groups in total. The molecule has 2 aromatic rings. The normalized spacial score (nSPS) is 11.4. The molecule has 0 saturated carbocycles. The minimum atomic E-state index is -3.74. The second-order valence-electron chi connectivity index (χ2n) is 5.81. The van der Waals surface area contributed by atoms with Crippen molar-refractivity contribution >= 4 is 27.4 Å². The molecule has 7 nitrogen and oxygen atoms in total. The number of nitriles is 1. The van der Waals surface area contributed by atoms with Crippen LogP contribution in [0.1, 0.15) is 11.1 Å². The highest BCUT2D eigenvalue weighted by Gasteiger charge is 2.14. The number of carbonyl (C=O) groups is 1. The number of carbonyl (C=O) groups excluding carboxylic acids is 1. The highest BCUT2D eigenvalue weighted by atomic mass is 32.2. The van der Waals surface area contributed by atoms with Crippen molar-refractivity contribution in [3.8, 4) is 6.07 Å². The summed E-state index contributed by atoms with van der Waals surface area (Å²) in [6, 6.07) is 13.1. The zero-order valence-electron chi connectivity index (χ0n) is 15.1. The molecular formula is C19H19N3O4S. The number of aryl methyl sites for hydroxylation is 2. The van der Waals surface area contributed by atoms with E-state index in [2.05, 4.69) is 14.8 Å². The Morgan fingerprint density at radius 3 is 2.19 bits per heavy atom. The van der Waals surface area contributed by atoms with Crippen LogP contribution in [0.4, 0.5) is 11.4 Å². The highest BCUT2D eigenvalue weighted by Crippen LogP contribution is 2.20. The monoisotopic (exact) mass is 385 g/mol. The van der Waals surface area contributed by atoms with E-state index < -0.39 is 16.0 Å². The third-order valence-corrected chi connectivity index (χ3v) is 4.94. The van der Waals surface area contributed by atoms with Crippen molar-refractivity contribution in [1.82, 2.24) is 0 Å². The lowest BCUT2D eigenvalue weighted by Gasteiger charge is -2.10. The fourth-order valence-electron chi connectivity index (χ4n) is 2.38. The van der Waals surface area contributed by atoms with Gasteiger partial charge in [-0.15, -0.1) is 0 Å². The molecule has 2 rings (SSSR count). The fraction of sp³-hybridized carbons (Fsp3) is 0.158. The van der Waals surface area contributed by atoms with Crippen molar-refractivity contribution in [3.63, 3.8) is 0 Å². The Hall–Kier alpha value is -3.31. The van der Waals surface area contributed by atoms with Crippen LogP contribution in [-0.4, -0.2) is 21.5 Å². The lowest BCUT2D eigenvalue weighted by atomic mass is 10.1. The number of esters is 1. The quantitative estimate of drug-likeness (QED) is 0.449. The minimum Gasteiger partial charge on any atom is -0.465 e. The molecule has 0 aromatic heterocycles. The molecule has 0 spiro atoms. The van der Waals surface area contributed by atoms with Gasteiger partial charge in [0.1, 0.15) is 6.07 Å². The van der Waals surface area contributed by atoms with Crippen LogP contribution in [0.5, 0.6) is 0 Å². The second-order valence-corrected chi connectivity index (χ2v) is 7.49. The van der Waals surface area contributed by atoms with E-state index in [4.69, 9.17) is 5.26 Å². The predicted octanol–water partition coefficient (Wildman–Crippen LogP) is 3.10. The van der Waals surface area contributed by atoms with Crippen molar-refractivity contribution in [1.29, 1.82) is 5.26 Å². The summed E-state index contributed by atoms with van der Waals surface area (Å²) < 4.78 is 32.1. The number of nitrogens with one attached hydrogen (secondary N) is 2. The summed E-state index contributed by atoms with van der Waals surface area (Å²) in [7, 11) is -2.56. The van der Waals surface area contributed by atoms with E-state index in [9.17, 15) is 13.2 Å². The molecule has 0 bridgehead atoms. The number of hydrogen-bond donors (Lipinski definition) is 2. The first-order valence-corrected chi connectivity index (χ1v) is 9.40. The van der Waals surface area contributed by atoms with Crippen molar-refractivity contribution in [2.45, 2.75) is 18.7 Å². The molecule has 0 heterocycles. The zero-order valence-corrected chi connectivity index (χ0v) is 15.9. The predicted molar refractivity (Wildman–Crippen MR) is 103 cm³/mol. The summed E-state index contributed by atoms with van der Waals surface area (Å²) in [6.45, 7) is 3.78. The molecule has 0 unspecified atom stereocenters. The van der Waals surface area contributed by atoms with Crippen molar-refractivity contribution < 1.29 is 17.9 Å². The highest BCUT2D eigenvalue weighted by molar-refractivity contribution is 7.92. The summed E-state index contributed by atoms with van der Waals surface area (Å²) in [5.74, 6) is -0.762. The SMILES string of the molecule is COC(=O)/C(C#N)=C\Nc1ccc(S(=O)(=O)Nc2cc(C)cc(C)c2)cc1. The topological polar surface area (TPSA) is 108 Å². The molecule has 8 heteroatoms. The molecule has 2 aromatic carbocycles. The van der Waals surface area contributed by atoms with E-state index >= 15 is 0 Å². The van der Waals surface area contributed by atoms with Crippen LogP contribution in [0.3, 0.4) is 0 Å². The van der Waals surface area contributed by atoms with Gasteiger partial charge >= 0.3 is 5.97 Å². The number of sulfonamides is 1. The number of hydrogen-bond acceptors (Lipinski definition) is 6. The van der Waals surface area contributed by atoms with Gasteiger partial charge in [0.05, 0.1) is 12.0 Å². The Morgan fingerprint density at radius 1 is 1.07 bits per heavy atom. The average Bonchev–Trinajstić information content (AvgIpc) is 2.61. The summed E-state index contributed by atoms with van der Waals surface area (Å²) in [6.07, 6.45) is 1.20. The van der Waals surface area contributed by atoms with Gasteiger partial charge in [0.15, 0.2) is 5.57 Å². The molecule has 0 aliphatic carbocycles. The lowest BCUT2D eigenvalue weighted by Crippen LogP contribution is -2.13. The Balaban J connectivity index is 2.17. The third-order valence-electron chi connectivity index (χ3n) is 3.55. The Bertz CT molecular complexity index is 1000. The van der Waals surface area contributed by atoms with Crippen molar-refractivity contribution in [2.75, 3.05) is 17.1 Å². The number of rotatable bonds is 6. The largest absolute Gasteiger partial charge is 0.465 e. The first kappa shape index (κ1) is 20.0. The van der Waals surface area contributed by atoms with E-state index in [1.807, 2.05) is 19.9 Å². The van der Waals surface area contributed by atoms with Crippen LogP contribution in [0.2, 0.25) is 0 Å². The maximum atomic E-state index is 12.5. The van der Waals surface area contributed by atoms with Crippen molar-refractivity contribution in [2.24, 2.45) is 0 Å². The van der Waals surface area contributed by atoms with Gasteiger partial charge < -0.3 is 10.1 Å². The molecule has 0 saturated heterocycles. The molecule has 0 aliphatic rings. The lowest BCUT2D eigenvalue weighted by molar-refractivity contribution is -0.135. The van der Waals surface area contributed by atoms with Crippen LogP contribution in [0.25, 0.3) is 0 Å². The molecule has 27 heavy (non-hydrogen) atoms. The zero-order chi connectivity index (χ0) is 20.0. The van der Waals surface area contributed by atoms with Gasteiger partial charge in [0, 0.05) is 17.6 Å². The van der Waals surface area contributed by atoms with Crippen LogP contribution in [-0.2, 0) is 19.6 Å². The van der Waals surface area contributed by atoms with E-state index in [-0.39, 0.29) is 10.5 Å². The number of benzene rings is 2. The maximum absolute atomic E-state index is 12.5. The van der Waals surface area contributed by atoms with Crippen molar-refractivity contribution in [3.05, 3.63) is 65.4 Å². The van der Waals surface area contributed by atoms with E-state index in [0.29, 0.717) is 11.4 Å². The van der Waals surface area contributed by atoms with Gasteiger partial charge in [0.25, 0.3) is 10.0 Å². The number of anilines is 2. The average molecular weight is 385 g/mol. The summed E-state index contributed by atoms with van der Waals surface area (Å²) >= 11 is 0. The summed E-state index contributed by atoms with van der Waals surface area (Å²) in [4.78, 5) is 11.4.